The van der Waals surface area contributed by atoms with Gasteiger partial charge in [-0.05, 0) is 52.7 Å². The zero-order valence-electron chi connectivity index (χ0n) is 19.0. The van der Waals surface area contributed by atoms with Crippen molar-refractivity contribution in [1.29, 1.82) is 0 Å². The van der Waals surface area contributed by atoms with E-state index in [1.54, 1.807) is 36.4 Å². The van der Waals surface area contributed by atoms with Crippen LogP contribution in [-0.2, 0) is 21.4 Å². The topological polar surface area (TPSA) is 84.9 Å². The summed E-state index contributed by atoms with van der Waals surface area (Å²) in [4.78, 5) is 13.2. The number of amides is 1. The maximum Gasteiger partial charge on any atom is 0.264 e. The number of rotatable bonds is 6. The molecule has 8 heteroatoms. The highest BCUT2D eigenvalue weighted by Gasteiger charge is 2.37. The van der Waals surface area contributed by atoms with Crippen LogP contribution in [0.5, 0.6) is 11.5 Å². The largest absolute Gasteiger partial charge is 0.497 e. The van der Waals surface area contributed by atoms with E-state index in [0.717, 1.165) is 16.3 Å². The average molecular weight is 489 g/mol. The number of fused-ring (bicyclic) bond motifs is 2. The van der Waals surface area contributed by atoms with Crippen LogP contribution in [-0.4, -0.2) is 34.1 Å². The number of nitrogens with zero attached hydrogens (tertiary/aromatic N) is 1. The molecule has 0 radical (unpaired) electrons. The molecule has 7 nitrogen and oxygen atoms in total. The second-order valence-corrected chi connectivity index (χ2v) is 10.0. The number of carbonyl (C=O) groups is 1. The summed E-state index contributed by atoms with van der Waals surface area (Å²) in [5.74, 6) is 0.500. The maximum atomic E-state index is 13.5. The van der Waals surface area contributed by atoms with Crippen molar-refractivity contribution in [1.82, 2.24) is 5.32 Å². The lowest BCUT2D eigenvalue weighted by Crippen LogP contribution is -2.50. The van der Waals surface area contributed by atoms with E-state index >= 15 is 0 Å². The zero-order valence-corrected chi connectivity index (χ0v) is 19.9. The second-order valence-electron chi connectivity index (χ2n) is 8.14. The van der Waals surface area contributed by atoms with Gasteiger partial charge in [0.1, 0.15) is 11.5 Å². The maximum absolute atomic E-state index is 13.5. The number of para-hydroxylation sites is 2. The summed E-state index contributed by atoms with van der Waals surface area (Å²) in [5, 5.41) is 5.05. The minimum atomic E-state index is -3.94. The van der Waals surface area contributed by atoms with Crippen molar-refractivity contribution in [2.45, 2.75) is 17.5 Å². The summed E-state index contributed by atoms with van der Waals surface area (Å²) in [5.41, 5.74) is 1.36. The van der Waals surface area contributed by atoms with Crippen molar-refractivity contribution in [3.05, 3.63) is 96.6 Å². The van der Waals surface area contributed by atoms with Gasteiger partial charge in [0.25, 0.3) is 15.9 Å². The molecule has 0 bridgehead atoms. The minimum absolute atomic E-state index is 0.102. The monoisotopic (exact) mass is 488 g/mol. The van der Waals surface area contributed by atoms with Crippen LogP contribution in [0.25, 0.3) is 10.8 Å². The molecule has 1 amide bonds. The third-order valence-corrected chi connectivity index (χ3v) is 7.80. The Balaban J connectivity index is 1.40. The smallest absolute Gasteiger partial charge is 0.264 e. The molecule has 178 valence electrons. The van der Waals surface area contributed by atoms with Gasteiger partial charge in [0.15, 0.2) is 6.10 Å². The molecule has 0 unspecified atom stereocenters. The van der Waals surface area contributed by atoms with Crippen molar-refractivity contribution in [3.8, 4) is 11.5 Å². The van der Waals surface area contributed by atoms with Crippen LogP contribution in [0.4, 0.5) is 5.69 Å². The van der Waals surface area contributed by atoms with E-state index in [9.17, 15) is 13.2 Å². The van der Waals surface area contributed by atoms with Gasteiger partial charge >= 0.3 is 0 Å². The van der Waals surface area contributed by atoms with E-state index in [-0.39, 0.29) is 17.3 Å². The Bertz CT molecular complexity index is 1480. The molecule has 1 atom stereocenters. The van der Waals surface area contributed by atoms with Crippen LogP contribution in [0.2, 0.25) is 0 Å². The summed E-state index contributed by atoms with van der Waals surface area (Å²) >= 11 is 0. The number of sulfonamides is 1. The highest BCUT2D eigenvalue weighted by atomic mass is 32.2. The predicted molar refractivity (Wildman–Crippen MR) is 134 cm³/mol. The van der Waals surface area contributed by atoms with Gasteiger partial charge in [-0.2, -0.15) is 0 Å². The first-order valence-electron chi connectivity index (χ1n) is 11.1. The molecule has 35 heavy (non-hydrogen) atoms. The van der Waals surface area contributed by atoms with Gasteiger partial charge < -0.3 is 14.8 Å². The first-order chi connectivity index (χ1) is 17.0. The van der Waals surface area contributed by atoms with Crippen LogP contribution in [0.3, 0.4) is 0 Å². The molecule has 4 aromatic carbocycles. The number of hydrogen-bond acceptors (Lipinski definition) is 5. The summed E-state index contributed by atoms with van der Waals surface area (Å²) < 4.78 is 39.4. The Morgan fingerprint density at radius 3 is 2.49 bits per heavy atom. The number of carbonyl (C=O) groups excluding carboxylic acids is 1. The van der Waals surface area contributed by atoms with Gasteiger partial charge in [-0.25, -0.2) is 8.42 Å². The van der Waals surface area contributed by atoms with Crippen molar-refractivity contribution in [3.63, 3.8) is 0 Å². The molecule has 1 N–H and O–H groups in total. The zero-order chi connectivity index (χ0) is 24.4. The van der Waals surface area contributed by atoms with Crippen molar-refractivity contribution < 1.29 is 22.7 Å². The van der Waals surface area contributed by atoms with Crippen LogP contribution in [0.1, 0.15) is 5.56 Å². The van der Waals surface area contributed by atoms with Crippen molar-refractivity contribution in [2.75, 3.05) is 18.0 Å². The Hall–Kier alpha value is -4.04. The Kier molecular flexibility index (Phi) is 6.05. The normalized spacial score (nSPS) is 15.2. The summed E-state index contributed by atoms with van der Waals surface area (Å²) in [6, 6.07) is 26.8. The van der Waals surface area contributed by atoms with E-state index in [1.807, 2.05) is 42.5 Å². The van der Waals surface area contributed by atoms with Crippen molar-refractivity contribution in [2.24, 2.45) is 0 Å². The standard InChI is InChI=1S/C27H24N2O5S/c1-33-21-13-15-22(16-14-21)35(31,32)29-18-26(34-25-12-5-4-11-24(25)29)27(30)28-17-20-9-6-8-19-7-2-3-10-23(19)20/h2-16,26H,17-18H2,1H3,(H,28,30)/t26-/m1/s1. The quantitative estimate of drug-likeness (QED) is 0.441. The summed E-state index contributed by atoms with van der Waals surface area (Å²) in [6.45, 7) is 0.152. The van der Waals surface area contributed by atoms with Gasteiger partial charge in [0.05, 0.1) is 24.2 Å². The van der Waals surface area contributed by atoms with E-state index in [1.165, 1.54) is 23.5 Å². The average Bonchev–Trinajstić information content (AvgIpc) is 2.91. The highest BCUT2D eigenvalue weighted by Crippen LogP contribution is 2.37. The highest BCUT2D eigenvalue weighted by molar-refractivity contribution is 7.92. The lowest BCUT2D eigenvalue weighted by atomic mass is 10.0. The molecule has 1 aliphatic rings. The molecular weight excluding hydrogens is 464 g/mol. The number of nitrogens with one attached hydrogen (secondary N) is 1. The fourth-order valence-corrected chi connectivity index (χ4v) is 5.66. The van der Waals surface area contributed by atoms with Gasteiger partial charge in [-0.1, -0.05) is 54.6 Å². The van der Waals surface area contributed by atoms with Crippen LogP contribution >= 0.6 is 0 Å². The molecule has 0 saturated heterocycles. The van der Waals surface area contributed by atoms with Gasteiger partial charge in [0, 0.05) is 6.54 Å². The molecule has 5 rings (SSSR count). The van der Waals surface area contributed by atoms with E-state index in [2.05, 4.69) is 5.32 Å². The lowest BCUT2D eigenvalue weighted by Gasteiger charge is -2.34. The molecule has 1 heterocycles. The predicted octanol–water partition coefficient (Wildman–Crippen LogP) is 4.12. The molecule has 0 aromatic heterocycles. The fraction of sp³-hybridized carbons (Fsp3) is 0.148. The third-order valence-electron chi connectivity index (χ3n) is 6.01. The second kappa shape index (κ2) is 9.31. The first-order valence-corrected chi connectivity index (χ1v) is 12.6. The summed E-state index contributed by atoms with van der Waals surface area (Å²) in [6.07, 6.45) is -1.01. The lowest BCUT2D eigenvalue weighted by molar-refractivity contribution is -0.127. The number of benzene rings is 4. The molecule has 0 spiro atoms. The molecule has 4 aromatic rings. The Labute approximate surface area is 204 Å². The molecular formula is C27H24N2O5S. The third kappa shape index (κ3) is 4.40. The fourth-order valence-electron chi connectivity index (χ4n) is 4.18. The number of methoxy groups -OCH3 is 1. The minimum Gasteiger partial charge on any atom is -0.497 e. The molecule has 0 saturated carbocycles. The SMILES string of the molecule is COc1ccc(S(=O)(=O)N2C[C@H](C(=O)NCc3cccc4ccccc34)Oc3ccccc32)cc1. The van der Waals surface area contributed by atoms with Gasteiger partial charge in [-0.3, -0.25) is 9.10 Å². The number of hydrogen-bond donors (Lipinski definition) is 1. The first kappa shape index (κ1) is 22.7. The Morgan fingerprint density at radius 2 is 1.69 bits per heavy atom. The summed E-state index contributed by atoms with van der Waals surface area (Å²) in [7, 11) is -2.43. The van der Waals surface area contributed by atoms with Crippen LogP contribution in [0.15, 0.2) is 95.9 Å². The van der Waals surface area contributed by atoms with Crippen LogP contribution < -0.4 is 19.1 Å². The molecule has 0 aliphatic carbocycles. The van der Waals surface area contributed by atoms with E-state index < -0.39 is 16.1 Å². The van der Waals surface area contributed by atoms with Crippen molar-refractivity contribution >= 4 is 32.4 Å². The van der Waals surface area contributed by atoms with Crippen LogP contribution in [0, 0.1) is 0 Å². The number of anilines is 1. The van der Waals surface area contributed by atoms with Gasteiger partial charge in [-0.15, -0.1) is 0 Å². The van der Waals surface area contributed by atoms with Gasteiger partial charge in [0.2, 0.25) is 0 Å². The van der Waals surface area contributed by atoms with E-state index in [0.29, 0.717) is 23.7 Å². The Morgan fingerprint density at radius 1 is 0.971 bits per heavy atom. The van der Waals surface area contributed by atoms with E-state index in [4.69, 9.17) is 9.47 Å². The molecule has 1 aliphatic heterocycles. The molecule has 0 fully saturated rings. The number of ether oxygens (including phenoxy) is 2.